The normalized spacial score (nSPS) is 10.3. The van der Waals surface area contributed by atoms with Gasteiger partial charge in [-0.25, -0.2) is 4.39 Å². The first-order valence-corrected chi connectivity index (χ1v) is 5.88. The van der Waals surface area contributed by atoms with Crippen molar-refractivity contribution in [2.45, 2.75) is 6.92 Å². The van der Waals surface area contributed by atoms with Gasteiger partial charge < -0.3 is 10.5 Å². The molecule has 0 spiro atoms. The molecule has 0 amide bonds. The quantitative estimate of drug-likeness (QED) is 0.681. The molecule has 3 nitrogen and oxygen atoms in total. The second kappa shape index (κ2) is 5.28. The number of rotatable bonds is 3. The molecule has 2 rings (SSSR count). The zero-order valence-corrected chi connectivity index (χ0v) is 10.9. The second-order valence-corrected chi connectivity index (χ2v) is 4.39. The van der Waals surface area contributed by atoms with E-state index < -0.39 is 5.82 Å². The largest absolute Gasteiger partial charge is 0.457 e. The average Bonchev–Trinajstić information content (AvgIpc) is 2.33. The molecule has 2 aromatic rings. The van der Waals surface area contributed by atoms with Crippen molar-refractivity contribution < 1.29 is 13.9 Å². The predicted octanol–water partition coefficient (Wildman–Crippen LogP) is 4.06. The lowest BCUT2D eigenvalue weighted by atomic mass is 10.1. The number of Topliss-reactive ketones (excluding diaryl/α,β-unsaturated/α-hetero) is 1. The number of hydrogen-bond acceptors (Lipinski definition) is 3. The van der Waals surface area contributed by atoms with Crippen molar-refractivity contribution in [3.63, 3.8) is 0 Å². The van der Waals surface area contributed by atoms with Crippen molar-refractivity contribution in [3.8, 4) is 11.5 Å². The maximum Gasteiger partial charge on any atom is 0.161 e. The maximum atomic E-state index is 13.2. The van der Waals surface area contributed by atoms with Crippen molar-refractivity contribution in [1.82, 2.24) is 0 Å². The Labute approximate surface area is 114 Å². The molecule has 0 fully saturated rings. The highest BCUT2D eigenvalue weighted by Crippen LogP contribution is 2.27. The summed E-state index contributed by atoms with van der Waals surface area (Å²) in [6.45, 7) is 1.43. The molecule has 0 saturated heterocycles. The van der Waals surface area contributed by atoms with E-state index in [4.69, 9.17) is 22.1 Å². The lowest BCUT2D eigenvalue weighted by Crippen LogP contribution is -1.99. The van der Waals surface area contributed by atoms with Crippen molar-refractivity contribution in [1.29, 1.82) is 0 Å². The van der Waals surface area contributed by atoms with E-state index in [9.17, 15) is 9.18 Å². The Morgan fingerprint density at radius 1 is 1.21 bits per heavy atom. The first-order valence-electron chi connectivity index (χ1n) is 5.51. The van der Waals surface area contributed by atoms with Gasteiger partial charge in [0.15, 0.2) is 5.78 Å². The van der Waals surface area contributed by atoms with E-state index in [0.29, 0.717) is 22.7 Å². The highest BCUT2D eigenvalue weighted by atomic mass is 35.5. The Morgan fingerprint density at radius 3 is 2.42 bits per heavy atom. The Morgan fingerprint density at radius 2 is 1.84 bits per heavy atom. The number of nitrogen functional groups attached to an aromatic ring is 1. The molecule has 0 bridgehead atoms. The summed E-state index contributed by atoms with van der Waals surface area (Å²) >= 11 is 5.58. The average molecular weight is 280 g/mol. The fourth-order valence-corrected chi connectivity index (χ4v) is 1.72. The highest BCUT2D eigenvalue weighted by Gasteiger charge is 2.07. The Bertz CT molecular complexity index is 643. The molecule has 0 aromatic heterocycles. The number of carbonyl (C=O) groups excluding carboxylic acids is 1. The van der Waals surface area contributed by atoms with E-state index in [-0.39, 0.29) is 10.8 Å². The monoisotopic (exact) mass is 279 g/mol. The molecule has 0 unspecified atom stereocenters. The van der Waals surface area contributed by atoms with Gasteiger partial charge in [-0.2, -0.15) is 0 Å². The van der Waals surface area contributed by atoms with E-state index in [1.165, 1.54) is 25.1 Å². The van der Waals surface area contributed by atoms with Crippen LogP contribution in [0.4, 0.5) is 10.1 Å². The third kappa shape index (κ3) is 3.03. The summed E-state index contributed by atoms with van der Waals surface area (Å²) in [5.41, 5.74) is 6.48. The van der Waals surface area contributed by atoms with Crippen molar-refractivity contribution in [2.24, 2.45) is 0 Å². The molecule has 19 heavy (non-hydrogen) atoms. The summed E-state index contributed by atoms with van der Waals surface area (Å²) in [6, 6.07) is 8.81. The Kier molecular flexibility index (Phi) is 3.71. The summed E-state index contributed by atoms with van der Waals surface area (Å²) in [6.07, 6.45) is 0. The van der Waals surface area contributed by atoms with Crippen LogP contribution >= 0.6 is 11.6 Å². The molecule has 0 aliphatic heterocycles. The third-order valence-corrected chi connectivity index (χ3v) is 2.84. The minimum absolute atomic E-state index is 0.0267. The minimum atomic E-state index is -0.563. The van der Waals surface area contributed by atoms with Gasteiger partial charge >= 0.3 is 0 Å². The summed E-state index contributed by atoms with van der Waals surface area (Å²) < 4.78 is 18.7. The first kappa shape index (κ1) is 13.4. The van der Waals surface area contributed by atoms with Gasteiger partial charge in [-0.05, 0) is 31.2 Å². The van der Waals surface area contributed by atoms with Crippen LogP contribution in [0.3, 0.4) is 0 Å². The fraction of sp³-hybridized carbons (Fsp3) is 0.0714. The number of ketones is 1. The summed E-state index contributed by atoms with van der Waals surface area (Å²) in [5.74, 6) is 0.0372. The van der Waals surface area contributed by atoms with E-state index in [2.05, 4.69) is 0 Å². The first-order chi connectivity index (χ1) is 8.97. The lowest BCUT2D eigenvalue weighted by molar-refractivity contribution is 0.101. The van der Waals surface area contributed by atoms with E-state index in [0.717, 1.165) is 0 Å². The molecule has 0 aliphatic carbocycles. The van der Waals surface area contributed by atoms with E-state index >= 15 is 0 Å². The fourth-order valence-electron chi connectivity index (χ4n) is 1.60. The molecule has 0 aliphatic rings. The highest BCUT2D eigenvalue weighted by molar-refractivity contribution is 6.30. The predicted molar refractivity (Wildman–Crippen MR) is 72.3 cm³/mol. The van der Waals surface area contributed by atoms with Crippen LogP contribution in [0.2, 0.25) is 5.02 Å². The molecular formula is C14H11ClFNO2. The van der Waals surface area contributed by atoms with Gasteiger partial charge in [0.2, 0.25) is 0 Å². The molecule has 2 aromatic carbocycles. The molecule has 0 saturated carbocycles. The summed E-state index contributed by atoms with van der Waals surface area (Å²) in [4.78, 5) is 11.2. The van der Waals surface area contributed by atoms with E-state index in [1.54, 1.807) is 18.2 Å². The number of hydrogen-bond donors (Lipinski definition) is 1. The zero-order valence-electron chi connectivity index (χ0n) is 10.1. The Hall–Kier alpha value is -2.07. The van der Waals surface area contributed by atoms with Crippen LogP contribution in [0, 0.1) is 5.82 Å². The van der Waals surface area contributed by atoms with Gasteiger partial charge in [-0.1, -0.05) is 11.6 Å². The van der Waals surface area contributed by atoms with Gasteiger partial charge in [0, 0.05) is 23.4 Å². The summed E-state index contributed by atoms with van der Waals surface area (Å²) in [7, 11) is 0. The van der Waals surface area contributed by atoms with Gasteiger partial charge in [0.25, 0.3) is 0 Å². The van der Waals surface area contributed by atoms with Crippen LogP contribution in [-0.4, -0.2) is 5.78 Å². The molecular weight excluding hydrogens is 269 g/mol. The minimum Gasteiger partial charge on any atom is -0.457 e. The molecule has 0 atom stereocenters. The van der Waals surface area contributed by atoms with Crippen molar-refractivity contribution in [2.75, 3.05) is 5.73 Å². The smallest absolute Gasteiger partial charge is 0.161 e. The van der Waals surface area contributed by atoms with Crippen LogP contribution in [0.25, 0.3) is 0 Å². The maximum absolute atomic E-state index is 13.2. The zero-order chi connectivity index (χ0) is 14.0. The molecule has 98 valence electrons. The molecule has 0 radical (unpaired) electrons. The van der Waals surface area contributed by atoms with Crippen molar-refractivity contribution in [3.05, 3.63) is 52.8 Å². The van der Waals surface area contributed by atoms with E-state index in [1.807, 2.05) is 0 Å². The SMILES string of the molecule is CC(=O)c1ccc(Oc2ccc(Cl)c(F)c2)cc1N. The lowest BCUT2D eigenvalue weighted by Gasteiger charge is -2.08. The van der Waals surface area contributed by atoms with Crippen LogP contribution < -0.4 is 10.5 Å². The van der Waals surface area contributed by atoms with Gasteiger partial charge in [0.05, 0.1) is 5.02 Å². The number of anilines is 1. The van der Waals surface area contributed by atoms with Gasteiger partial charge in [-0.3, -0.25) is 4.79 Å². The van der Waals surface area contributed by atoms with Gasteiger partial charge in [-0.15, -0.1) is 0 Å². The van der Waals surface area contributed by atoms with Crippen LogP contribution in [0.5, 0.6) is 11.5 Å². The van der Waals surface area contributed by atoms with Gasteiger partial charge in [0.1, 0.15) is 17.3 Å². The number of benzene rings is 2. The number of carbonyl (C=O) groups is 1. The topological polar surface area (TPSA) is 52.3 Å². The summed E-state index contributed by atoms with van der Waals surface area (Å²) in [5, 5.41) is 0.0267. The second-order valence-electron chi connectivity index (χ2n) is 3.98. The molecule has 2 N–H and O–H groups in total. The van der Waals surface area contributed by atoms with Crippen LogP contribution in [-0.2, 0) is 0 Å². The third-order valence-electron chi connectivity index (χ3n) is 2.53. The van der Waals surface area contributed by atoms with Crippen LogP contribution in [0.1, 0.15) is 17.3 Å². The number of ether oxygens (including phenoxy) is 1. The van der Waals surface area contributed by atoms with Crippen molar-refractivity contribution >= 4 is 23.1 Å². The van der Waals surface area contributed by atoms with Crippen LogP contribution in [0.15, 0.2) is 36.4 Å². The molecule has 5 heteroatoms. The number of nitrogens with two attached hydrogens (primary N) is 1. The standard InChI is InChI=1S/C14H11ClFNO2/c1-8(18)11-4-2-10(7-14(11)17)19-9-3-5-12(15)13(16)6-9/h2-7H,17H2,1H3. The number of halogens is 2. The molecule has 0 heterocycles. The Balaban J connectivity index is 2.26.